The Bertz CT molecular complexity index is 460. The number of rotatable bonds is 8. The van der Waals surface area contributed by atoms with Gasteiger partial charge in [-0.3, -0.25) is 9.59 Å². The van der Waals surface area contributed by atoms with Gasteiger partial charge >= 0.3 is 0 Å². The van der Waals surface area contributed by atoms with Gasteiger partial charge in [0.15, 0.2) is 11.6 Å². The van der Waals surface area contributed by atoms with Crippen LogP contribution < -0.4 is 0 Å². The molecule has 19 heavy (non-hydrogen) atoms. The summed E-state index contributed by atoms with van der Waals surface area (Å²) in [4.78, 5) is 23.5. The van der Waals surface area contributed by atoms with Crippen molar-refractivity contribution in [1.82, 2.24) is 0 Å². The molecule has 0 heterocycles. The Morgan fingerprint density at radius 1 is 1.16 bits per heavy atom. The zero-order valence-electron chi connectivity index (χ0n) is 10.5. The molecule has 0 aliphatic carbocycles. The lowest BCUT2D eigenvalue weighted by molar-refractivity contribution is 0.0967. The second kappa shape index (κ2) is 8.02. The van der Waals surface area contributed by atoms with Gasteiger partial charge in [0.05, 0.1) is 5.56 Å². The number of carbonyl (C=O) groups is 2. The first-order valence-electron chi connectivity index (χ1n) is 6.13. The highest BCUT2D eigenvalue weighted by Gasteiger charge is 2.14. The topological polar surface area (TPSA) is 54.4 Å². The third-order valence-electron chi connectivity index (χ3n) is 2.69. The fourth-order valence-corrected chi connectivity index (χ4v) is 1.79. The molecule has 1 rings (SSSR count). The molecule has 0 fully saturated rings. The molecule has 3 nitrogen and oxygen atoms in total. The predicted molar refractivity (Wildman–Crippen MR) is 71.3 cm³/mol. The van der Waals surface area contributed by atoms with Gasteiger partial charge < -0.3 is 5.11 Å². The van der Waals surface area contributed by atoms with Crippen LogP contribution in [0.15, 0.2) is 18.2 Å². The first-order valence-corrected chi connectivity index (χ1v) is 6.66. The van der Waals surface area contributed by atoms with Crippen LogP contribution in [0, 0.1) is 5.82 Å². The predicted octanol–water partition coefficient (Wildman–Crippen LogP) is 2.98. The fourth-order valence-electron chi connectivity index (χ4n) is 1.66. The lowest BCUT2D eigenvalue weighted by Gasteiger charge is -2.05. The first-order chi connectivity index (χ1) is 9.10. The van der Waals surface area contributed by atoms with Crippen molar-refractivity contribution in [2.75, 3.05) is 12.5 Å². The number of carbonyl (C=O) groups excluding carboxylic acids is 2. The van der Waals surface area contributed by atoms with Gasteiger partial charge in [0.25, 0.3) is 0 Å². The minimum atomic E-state index is -0.642. The van der Waals surface area contributed by atoms with Gasteiger partial charge in [0.2, 0.25) is 0 Å². The lowest BCUT2D eigenvalue weighted by Crippen LogP contribution is -2.07. The van der Waals surface area contributed by atoms with Crippen LogP contribution >= 0.6 is 11.6 Å². The molecular formula is C14H16ClFO3. The van der Waals surface area contributed by atoms with Crippen molar-refractivity contribution in [3.8, 4) is 0 Å². The third kappa shape index (κ3) is 4.73. The minimum Gasteiger partial charge on any atom is -0.396 e. The van der Waals surface area contributed by atoms with Crippen molar-refractivity contribution in [2.45, 2.75) is 25.7 Å². The van der Waals surface area contributed by atoms with Gasteiger partial charge in [0, 0.05) is 30.9 Å². The number of benzene rings is 1. The monoisotopic (exact) mass is 286 g/mol. The Kier molecular flexibility index (Phi) is 6.67. The number of alkyl halides is 1. The Hall–Kier alpha value is -1.26. The summed E-state index contributed by atoms with van der Waals surface area (Å²) < 4.78 is 13.5. The zero-order valence-corrected chi connectivity index (χ0v) is 11.3. The molecule has 0 atom stereocenters. The van der Waals surface area contributed by atoms with Gasteiger partial charge in [-0.25, -0.2) is 4.39 Å². The average Bonchev–Trinajstić information content (AvgIpc) is 2.42. The molecule has 0 unspecified atom stereocenters. The number of hydrogen-bond donors (Lipinski definition) is 1. The lowest BCUT2D eigenvalue weighted by atomic mass is 10.00. The summed E-state index contributed by atoms with van der Waals surface area (Å²) in [5, 5.41) is 8.66. The van der Waals surface area contributed by atoms with Crippen LogP contribution in [0.2, 0.25) is 0 Å². The maximum atomic E-state index is 13.5. The average molecular weight is 287 g/mol. The van der Waals surface area contributed by atoms with E-state index in [1.807, 2.05) is 0 Å². The summed E-state index contributed by atoms with van der Waals surface area (Å²) >= 11 is 5.51. The maximum absolute atomic E-state index is 13.5. The van der Waals surface area contributed by atoms with Crippen molar-refractivity contribution in [2.24, 2.45) is 0 Å². The zero-order chi connectivity index (χ0) is 14.3. The second-order valence-corrected chi connectivity index (χ2v) is 4.54. The highest BCUT2D eigenvalue weighted by Crippen LogP contribution is 2.15. The summed E-state index contributed by atoms with van der Waals surface area (Å²) in [5.41, 5.74) is 0.226. The molecule has 0 saturated heterocycles. The number of halogens is 2. The molecule has 1 aromatic rings. The number of hydrogen-bond acceptors (Lipinski definition) is 3. The van der Waals surface area contributed by atoms with Crippen LogP contribution in [0.5, 0.6) is 0 Å². The van der Waals surface area contributed by atoms with Crippen LogP contribution in [0.4, 0.5) is 4.39 Å². The molecule has 0 radical (unpaired) electrons. The van der Waals surface area contributed by atoms with E-state index < -0.39 is 11.6 Å². The Balaban J connectivity index is 2.87. The van der Waals surface area contributed by atoms with Crippen molar-refractivity contribution in [3.63, 3.8) is 0 Å². The number of ketones is 2. The number of aliphatic hydroxyl groups is 1. The molecule has 0 aliphatic rings. The van der Waals surface area contributed by atoms with Gasteiger partial charge in [0.1, 0.15) is 5.82 Å². The second-order valence-electron chi connectivity index (χ2n) is 4.16. The number of Topliss-reactive ketones (excluding diaryl/α,β-unsaturated/α-hetero) is 2. The van der Waals surface area contributed by atoms with Crippen LogP contribution in [0.3, 0.4) is 0 Å². The SMILES string of the molecule is O=C(CCCCl)c1ccc(F)c(C(=O)CCCO)c1. The van der Waals surface area contributed by atoms with E-state index in [2.05, 4.69) is 0 Å². The summed E-state index contributed by atoms with van der Waals surface area (Å²) in [5.74, 6) is -0.817. The summed E-state index contributed by atoms with van der Waals surface area (Å²) in [6.07, 6.45) is 1.17. The minimum absolute atomic E-state index is 0.0622. The van der Waals surface area contributed by atoms with Crippen molar-refractivity contribution in [3.05, 3.63) is 35.1 Å². The smallest absolute Gasteiger partial charge is 0.165 e. The third-order valence-corrected chi connectivity index (χ3v) is 2.96. The molecule has 5 heteroatoms. The van der Waals surface area contributed by atoms with E-state index in [0.717, 1.165) is 6.07 Å². The van der Waals surface area contributed by atoms with E-state index in [9.17, 15) is 14.0 Å². The van der Waals surface area contributed by atoms with E-state index in [1.54, 1.807) is 0 Å². The Morgan fingerprint density at radius 3 is 2.47 bits per heavy atom. The quantitative estimate of drug-likeness (QED) is 0.590. The molecule has 1 N–H and O–H groups in total. The molecule has 0 aliphatic heterocycles. The van der Waals surface area contributed by atoms with E-state index in [4.69, 9.17) is 16.7 Å². The first kappa shape index (κ1) is 15.8. The standard InChI is InChI=1S/C14H16ClFO3/c15-7-1-3-13(18)10-5-6-12(16)11(9-10)14(19)4-2-8-17/h5-6,9,17H,1-4,7-8H2. The molecule has 0 bridgehead atoms. The van der Waals surface area contributed by atoms with Gasteiger partial charge in [-0.2, -0.15) is 0 Å². The molecule has 0 amide bonds. The fraction of sp³-hybridized carbons (Fsp3) is 0.429. The molecule has 0 aromatic heterocycles. The molecule has 0 saturated carbocycles. The highest BCUT2D eigenvalue weighted by atomic mass is 35.5. The summed E-state index contributed by atoms with van der Waals surface area (Å²) in [7, 11) is 0. The molecule has 1 aromatic carbocycles. The van der Waals surface area contributed by atoms with Crippen LogP contribution in [0.25, 0.3) is 0 Å². The van der Waals surface area contributed by atoms with Crippen LogP contribution in [-0.4, -0.2) is 29.2 Å². The molecule has 0 spiro atoms. The van der Waals surface area contributed by atoms with E-state index in [-0.39, 0.29) is 37.2 Å². The van der Waals surface area contributed by atoms with Crippen LogP contribution in [0.1, 0.15) is 46.4 Å². The molecular weight excluding hydrogens is 271 g/mol. The largest absolute Gasteiger partial charge is 0.396 e. The Morgan fingerprint density at radius 2 is 1.84 bits per heavy atom. The normalized spacial score (nSPS) is 10.5. The maximum Gasteiger partial charge on any atom is 0.165 e. The van der Waals surface area contributed by atoms with Gasteiger partial charge in [-0.05, 0) is 31.0 Å². The van der Waals surface area contributed by atoms with Gasteiger partial charge in [-0.15, -0.1) is 11.6 Å². The van der Waals surface area contributed by atoms with Crippen molar-refractivity contribution >= 4 is 23.2 Å². The van der Waals surface area contributed by atoms with Crippen molar-refractivity contribution < 1.29 is 19.1 Å². The molecule has 104 valence electrons. The Labute approximate surface area is 116 Å². The number of aliphatic hydroxyl groups excluding tert-OH is 1. The summed E-state index contributed by atoms with van der Waals surface area (Å²) in [6.45, 7) is -0.123. The summed E-state index contributed by atoms with van der Waals surface area (Å²) in [6, 6.07) is 3.78. The van der Waals surface area contributed by atoms with Crippen LogP contribution in [-0.2, 0) is 0 Å². The van der Waals surface area contributed by atoms with E-state index in [1.165, 1.54) is 12.1 Å². The van der Waals surface area contributed by atoms with Gasteiger partial charge in [-0.1, -0.05) is 0 Å². The van der Waals surface area contributed by atoms with E-state index in [0.29, 0.717) is 17.9 Å². The highest BCUT2D eigenvalue weighted by molar-refractivity contribution is 6.18. The van der Waals surface area contributed by atoms with Crippen molar-refractivity contribution in [1.29, 1.82) is 0 Å². The van der Waals surface area contributed by atoms with E-state index >= 15 is 0 Å².